The quantitative estimate of drug-likeness (QED) is 0.893. The molecule has 1 aromatic heterocycles. The van der Waals surface area contributed by atoms with Gasteiger partial charge in [-0.25, -0.2) is 0 Å². The highest BCUT2D eigenvalue weighted by molar-refractivity contribution is 5.94. The third kappa shape index (κ3) is 4.73. The Balaban J connectivity index is 2.68. The van der Waals surface area contributed by atoms with Crippen LogP contribution in [-0.2, 0) is 4.79 Å². The summed E-state index contributed by atoms with van der Waals surface area (Å²) in [7, 11) is 0. The van der Waals surface area contributed by atoms with E-state index in [4.69, 9.17) is 4.52 Å². The lowest BCUT2D eigenvalue weighted by Crippen LogP contribution is -2.47. The van der Waals surface area contributed by atoms with Gasteiger partial charge in [0, 0.05) is 18.2 Å². The fraction of sp³-hybridized carbons (Fsp3) is 0.615. The second kappa shape index (κ2) is 5.86. The van der Waals surface area contributed by atoms with Crippen LogP contribution in [0.1, 0.15) is 43.9 Å². The molecule has 2 amide bonds. The van der Waals surface area contributed by atoms with Gasteiger partial charge < -0.3 is 14.7 Å². The molecular formula is C13H21N3O3. The van der Waals surface area contributed by atoms with Gasteiger partial charge >= 0.3 is 0 Å². The molecule has 0 unspecified atom stereocenters. The van der Waals surface area contributed by atoms with Gasteiger partial charge in [0.25, 0.3) is 5.91 Å². The number of nitrogens with one attached hydrogen (secondary N) is 1. The van der Waals surface area contributed by atoms with Gasteiger partial charge in [-0.1, -0.05) is 5.16 Å². The smallest absolute Gasteiger partial charge is 0.292 e. The fourth-order valence-corrected chi connectivity index (χ4v) is 1.58. The Hall–Kier alpha value is -1.85. The zero-order chi connectivity index (χ0) is 14.6. The predicted octanol–water partition coefficient (Wildman–Crippen LogP) is 1.36. The van der Waals surface area contributed by atoms with E-state index >= 15 is 0 Å². The maximum Gasteiger partial charge on any atom is 0.292 e. The van der Waals surface area contributed by atoms with E-state index in [1.54, 1.807) is 13.0 Å². The van der Waals surface area contributed by atoms with E-state index in [1.807, 2.05) is 27.7 Å². The molecule has 0 aromatic carbocycles. The molecule has 0 aliphatic rings. The van der Waals surface area contributed by atoms with Crippen LogP contribution in [0.3, 0.4) is 0 Å². The highest BCUT2D eigenvalue weighted by Crippen LogP contribution is 2.07. The van der Waals surface area contributed by atoms with E-state index in [-0.39, 0.29) is 29.7 Å². The number of hydrogen-bond acceptors (Lipinski definition) is 4. The molecule has 0 fully saturated rings. The number of carbonyl (C=O) groups excluding carboxylic acids is 2. The lowest BCUT2D eigenvalue weighted by Gasteiger charge is -2.24. The fourth-order valence-electron chi connectivity index (χ4n) is 1.58. The molecule has 0 aliphatic heterocycles. The molecule has 6 nitrogen and oxygen atoms in total. The van der Waals surface area contributed by atoms with Crippen LogP contribution < -0.4 is 5.32 Å². The van der Waals surface area contributed by atoms with Crippen LogP contribution in [0, 0.1) is 6.92 Å². The van der Waals surface area contributed by atoms with Crippen molar-refractivity contribution in [2.24, 2.45) is 0 Å². The predicted molar refractivity (Wildman–Crippen MR) is 70.7 cm³/mol. The molecule has 0 saturated heterocycles. The minimum Gasteiger partial charge on any atom is -0.351 e. The van der Waals surface area contributed by atoms with E-state index in [0.717, 1.165) is 0 Å². The minimum absolute atomic E-state index is 0.00630. The molecule has 0 saturated carbocycles. The standard InChI is InChI=1S/C13H21N3O3/c1-6-16(8-11(17)14-13(3,4)5)12(18)10-7-9(2)15-19-10/h7H,6,8H2,1-5H3,(H,14,17). The van der Waals surface area contributed by atoms with Crippen LogP contribution in [0.2, 0.25) is 0 Å². The summed E-state index contributed by atoms with van der Waals surface area (Å²) in [4.78, 5) is 25.3. The van der Waals surface area contributed by atoms with Crippen LogP contribution in [0.5, 0.6) is 0 Å². The molecule has 0 atom stereocenters. The molecule has 106 valence electrons. The van der Waals surface area contributed by atoms with E-state index < -0.39 is 0 Å². The summed E-state index contributed by atoms with van der Waals surface area (Å²) < 4.78 is 4.92. The van der Waals surface area contributed by atoms with Crippen LogP contribution in [0.4, 0.5) is 0 Å². The largest absolute Gasteiger partial charge is 0.351 e. The average molecular weight is 267 g/mol. The Kier molecular flexibility index (Phi) is 4.69. The lowest BCUT2D eigenvalue weighted by molar-refractivity contribution is -0.123. The summed E-state index contributed by atoms with van der Waals surface area (Å²) in [6, 6.07) is 1.56. The number of rotatable bonds is 4. The molecular weight excluding hydrogens is 246 g/mol. The maximum atomic E-state index is 12.1. The van der Waals surface area contributed by atoms with Gasteiger partial charge in [-0.05, 0) is 34.6 Å². The molecule has 0 aliphatic carbocycles. The van der Waals surface area contributed by atoms with E-state index in [1.165, 1.54) is 4.90 Å². The second-order valence-corrected chi connectivity index (χ2v) is 5.45. The van der Waals surface area contributed by atoms with Crippen molar-refractivity contribution < 1.29 is 14.1 Å². The van der Waals surface area contributed by atoms with Gasteiger partial charge in [-0.15, -0.1) is 0 Å². The van der Waals surface area contributed by atoms with Crippen molar-refractivity contribution in [2.75, 3.05) is 13.1 Å². The van der Waals surface area contributed by atoms with Crippen LogP contribution in [0.15, 0.2) is 10.6 Å². The zero-order valence-electron chi connectivity index (χ0n) is 12.1. The second-order valence-electron chi connectivity index (χ2n) is 5.45. The normalized spacial score (nSPS) is 11.2. The first-order chi connectivity index (χ1) is 8.73. The molecule has 1 aromatic rings. The molecule has 0 radical (unpaired) electrons. The first kappa shape index (κ1) is 15.2. The number of hydrogen-bond donors (Lipinski definition) is 1. The first-order valence-electron chi connectivity index (χ1n) is 6.26. The molecule has 1 rings (SSSR count). The Morgan fingerprint density at radius 1 is 1.42 bits per heavy atom. The number of amides is 2. The first-order valence-corrected chi connectivity index (χ1v) is 6.26. The number of likely N-dealkylation sites (N-methyl/N-ethyl adjacent to an activating group) is 1. The Labute approximate surface area is 113 Å². The summed E-state index contributed by atoms with van der Waals surface area (Å²) in [5.74, 6) is -0.367. The third-order valence-electron chi connectivity index (χ3n) is 2.36. The number of aryl methyl sites for hydroxylation is 1. The summed E-state index contributed by atoms with van der Waals surface area (Å²) in [6.45, 7) is 9.66. The van der Waals surface area contributed by atoms with Crippen LogP contribution in [0.25, 0.3) is 0 Å². The van der Waals surface area contributed by atoms with Gasteiger partial charge in [0.15, 0.2) is 0 Å². The van der Waals surface area contributed by atoms with Crippen molar-refractivity contribution in [1.29, 1.82) is 0 Å². The highest BCUT2D eigenvalue weighted by Gasteiger charge is 2.22. The summed E-state index contributed by atoms with van der Waals surface area (Å²) in [5.41, 5.74) is 0.320. The third-order valence-corrected chi connectivity index (χ3v) is 2.36. The van der Waals surface area contributed by atoms with E-state index in [9.17, 15) is 9.59 Å². The molecule has 1 N–H and O–H groups in total. The van der Waals surface area contributed by atoms with E-state index in [2.05, 4.69) is 10.5 Å². The monoisotopic (exact) mass is 267 g/mol. The summed E-state index contributed by atoms with van der Waals surface area (Å²) in [5, 5.41) is 6.49. The minimum atomic E-state index is -0.327. The van der Waals surface area contributed by atoms with Gasteiger partial charge in [0.1, 0.15) is 0 Å². The van der Waals surface area contributed by atoms with Gasteiger partial charge in [0.05, 0.1) is 12.2 Å². The number of carbonyl (C=O) groups is 2. The SMILES string of the molecule is CCN(CC(=O)NC(C)(C)C)C(=O)c1cc(C)no1. The highest BCUT2D eigenvalue weighted by atomic mass is 16.5. The Bertz CT molecular complexity index is 460. The van der Waals surface area contributed by atoms with Crippen molar-refractivity contribution in [3.05, 3.63) is 17.5 Å². The molecule has 0 bridgehead atoms. The van der Waals surface area contributed by atoms with Gasteiger partial charge in [0.2, 0.25) is 11.7 Å². The van der Waals surface area contributed by atoms with Gasteiger partial charge in [-0.3, -0.25) is 9.59 Å². The number of aromatic nitrogens is 1. The van der Waals surface area contributed by atoms with E-state index in [0.29, 0.717) is 12.2 Å². The van der Waals surface area contributed by atoms with Crippen molar-refractivity contribution in [3.8, 4) is 0 Å². The van der Waals surface area contributed by atoms with Crippen molar-refractivity contribution in [1.82, 2.24) is 15.4 Å². The summed E-state index contributed by atoms with van der Waals surface area (Å²) in [6.07, 6.45) is 0. The Morgan fingerprint density at radius 2 is 2.05 bits per heavy atom. The average Bonchev–Trinajstić information content (AvgIpc) is 2.69. The van der Waals surface area contributed by atoms with Crippen LogP contribution in [-0.4, -0.2) is 40.5 Å². The van der Waals surface area contributed by atoms with Crippen molar-refractivity contribution in [3.63, 3.8) is 0 Å². The van der Waals surface area contributed by atoms with Crippen molar-refractivity contribution in [2.45, 2.75) is 40.2 Å². The van der Waals surface area contributed by atoms with Gasteiger partial charge in [-0.2, -0.15) is 0 Å². The maximum absolute atomic E-state index is 12.1. The molecule has 1 heterocycles. The van der Waals surface area contributed by atoms with Crippen LogP contribution >= 0.6 is 0 Å². The lowest BCUT2D eigenvalue weighted by atomic mass is 10.1. The molecule has 0 spiro atoms. The van der Waals surface area contributed by atoms with Crippen molar-refractivity contribution >= 4 is 11.8 Å². The topological polar surface area (TPSA) is 75.4 Å². The zero-order valence-corrected chi connectivity index (χ0v) is 12.1. The molecule has 19 heavy (non-hydrogen) atoms. The molecule has 6 heteroatoms. The number of nitrogens with zero attached hydrogens (tertiary/aromatic N) is 2. The summed E-state index contributed by atoms with van der Waals surface area (Å²) >= 11 is 0. The Morgan fingerprint density at radius 3 is 2.47 bits per heavy atom.